The molecule has 0 radical (unpaired) electrons. The van der Waals surface area contributed by atoms with Crippen molar-refractivity contribution in [2.45, 2.75) is 32.3 Å². The summed E-state index contributed by atoms with van der Waals surface area (Å²) in [5, 5.41) is 3.87. The lowest BCUT2D eigenvalue weighted by atomic mass is 10.2. The normalized spacial score (nSPS) is 11.3. The molecule has 1 aromatic carbocycles. The van der Waals surface area contributed by atoms with Gasteiger partial charge in [-0.15, -0.1) is 0 Å². The van der Waals surface area contributed by atoms with E-state index in [4.69, 9.17) is 9.26 Å². The first-order valence-corrected chi connectivity index (χ1v) is 9.43. The number of ether oxygens (including phenoxy) is 1. The lowest BCUT2D eigenvalue weighted by molar-refractivity contribution is 0.301. The highest BCUT2D eigenvalue weighted by atomic mass is 32.2. The minimum absolute atomic E-state index is 0.130. The average Bonchev–Trinajstić information content (AvgIpc) is 2.91. The molecule has 0 spiro atoms. The summed E-state index contributed by atoms with van der Waals surface area (Å²) < 4.78 is 38.1. The van der Waals surface area contributed by atoms with E-state index in [1.165, 1.54) is 12.1 Å². The Kier molecular flexibility index (Phi) is 4.94. The summed E-state index contributed by atoms with van der Waals surface area (Å²) in [5.41, 5.74) is 2.58. The van der Waals surface area contributed by atoms with Gasteiger partial charge in [0.15, 0.2) is 0 Å². The largest absolute Gasteiger partial charge is 0.489 e. The summed E-state index contributed by atoms with van der Waals surface area (Å²) in [6.45, 7) is 5.83. The molecule has 0 aliphatic heterocycles. The third kappa shape index (κ3) is 4.02. The molecule has 0 saturated heterocycles. The van der Waals surface area contributed by atoms with E-state index >= 15 is 0 Å². The molecule has 2 aromatic heterocycles. The van der Waals surface area contributed by atoms with Gasteiger partial charge in [-0.25, -0.2) is 13.4 Å². The summed E-state index contributed by atoms with van der Waals surface area (Å²) in [6, 6.07) is 9.65. The summed E-state index contributed by atoms with van der Waals surface area (Å²) in [4.78, 5) is 4.14. The molecule has 0 bridgehead atoms. The first-order valence-electron chi connectivity index (χ1n) is 7.95. The second kappa shape index (κ2) is 7.17. The van der Waals surface area contributed by atoms with E-state index in [2.05, 4.69) is 14.9 Å². The molecule has 136 valence electrons. The van der Waals surface area contributed by atoms with E-state index in [0.29, 0.717) is 18.1 Å². The smallest absolute Gasteiger partial charge is 0.263 e. The van der Waals surface area contributed by atoms with Gasteiger partial charge in [-0.05, 0) is 62.7 Å². The van der Waals surface area contributed by atoms with Gasteiger partial charge in [0.25, 0.3) is 10.0 Å². The fraction of sp³-hybridized carbons (Fsp3) is 0.222. The van der Waals surface area contributed by atoms with Crippen LogP contribution in [0.1, 0.15) is 22.6 Å². The van der Waals surface area contributed by atoms with Crippen LogP contribution in [0.3, 0.4) is 0 Å². The summed E-state index contributed by atoms with van der Waals surface area (Å²) in [5.74, 6) is 1.54. The Morgan fingerprint density at radius 1 is 1.12 bits per heavy atom. The molecule has 26 heavy (non-hydrogen) atoms. The standard InChI is InChI=1S/C18H19N3O4S/c1-12-8-9-19-18(10-12)21-26(22,23)16-6-4-15(5-7-16)24-11-17-13(2)20-25-14(17)3/h4-10H,11H2,1-3H3,(H,19,21). The maximum Gasteiger partial charge on any atom is 0.263 e. The second-order valence-corrected chi connectivity index (χ2v) is 7.57. The lowest BCUT2D eigenvalue weighted by Gasteiger charge is -2.09. The molecular formula is C18H19N3O4S. The second-order valence-electron chi connectivity index (χ2n) is 5.89. The molecule has 0 saturated carbocycles. The average molecular weight is 373 g/mol. The number of hydrogen-bond acceptors (Lipinski definition) is 6. The molecule has 3 rings (SSSR count). The topological polar surface area (TPSA) is 94.3 Å². The zero-order valence-corrected chi connectivity index (χ0v) is 15.5. The molecular weight excluding hydrogens is 354 g/mol. The minimum Gasteiger partial charge on any atom is -0.489 e. The van der Waals surface area contributed by atoms with Crippen molar-refractivity contribution < 1.29 is 17.7 Å². The Bertz CT molecular complexity index is 992. The fourth-order valence-corrected chi connectivity index (χ4v) is 3.37. The van der Waals surface area contributed by atoms with Crippen molar-refractivity contribution in [3.8, 4) is 5.75 Å². The van der Waals surface area contributed by atoms with E-state index in [0.717, 1.165) is 16.8 Å². The Balaban J connectivity index is 1.70. The summed E-state index contributed by atoms with van der Waals surface area (Å²) in [7, 11) is -3.71. The molecule has 0 amide bonds. The zero-order chi connectivity index (χ0) is 18.7. The van der Waals surface area contributed by atoms with E-state index in [-0.39, 0.29) is 10.7 Å². The van der Waals surface area contributed by atoms with Gasteiger partial charge in [0.1, 0.15) is 23.9 Å². The Labute approximate surface area is 152 Å². The third-order valence-electron chi connectivity index (χ3n) is 3.85. The van der Waals surface area contributed by atoms with Gasteiger partial charge >= 0.3 is 0 Å². The first-order chi connectivity index (χ1) is 12.3. The van der Waals surface area contributed by atoms with Crippen LogP contribution >= 0.6 is 0 Å². The molecule has 0 unspecified atom stereocenters. The van der Waals surface area contributed by atoms with Crippen molar-refractivity contribution in [3.05, 3.63) is 65.2 Å². The number of rotatable bonds is 6. The maximum atomic E-state index is 12.4. The highest BCUT2D eigenvalue weighted by molar-refractivity contribution is 7.92. The molecule has 1 N–H and O–H groups in total. The van der Waals surface area contributed by atoms with Crippen LogP contribution < -0.4 is 9.46 Å². The predicted molar refractivity (Wildman–Crippen MR) is 96.5 cm³/mol. The van der Waals surface area contributed by atoms with E-state index < -0.39 is 10.0 Å². The zero-order valence-electron chi connectivity index (χ0n) is 14.7. The van der Waals surface area contributed by atoms with E-state index in [1.54, 1.807) is 30.5 Å². The van der Waals surface area contributed by atoms with Crippen LogP contribution in [0.15, 0.2) is 52.0 Å². The minimum atomic E-state index is -3.71. The number of sulfonamides is 1. The monoisotopic (exact) mass is 373 g/mol. The number of hydrogen-bond donors (Lipinski definition) is 1. The number of pyridine rings is 1. The Morgan fingerprint density at radius 3 is 2.46 bits per heavy atom. The lowest BCUT2D eigenvalue weighted by Crippen LogP contribution is -2.13. The Morgan fingerprint density at radius 2 is 1.85 bits per heavy atom. The van der Waals surface area contributed by atoms with Crippen molar-refractivity contribution in [2.24, 2.45) is 0 Å². The van der Waals surface area contributed by atoms with Gasteiger partial charge < -0.3 is 9.26 Å². The van der Waals surface area contributed by atoms with Crippen molar-refractivity contribution in [1.29, 1.82) is 0 Å². The summed E-state index contributed by atoms with van der Waals surface area (Å²) >= 11 is 0. The molecule has 0 aliphatic rings. The van der Waals surface area contributed by atoms with Gasteiger partial charge in [0.2, 0.25) is 0 Å². The molecule has 2 heterocycles. The SMILES string of the molecule is Cc1ccnc(NS(=O)(=O)c2ccc(OCc3c(C)noc3C)cc2)c1. The number of anilines is 1. The van der Waals surface area contributed by atoms with Gasteiger partial charge in [0.05, 0.1) is 16.2 Å². The molecule has 3 aromatic rings. The van der Waals surface area contributed by atoms with Gasteiger partial charge in [-0.3, -0.25) is 4.72 Å². The van der Waals surface area contributed by atoms with Gasteiger partial charge in [0, 0.05) is 6.20 Å². The third-order valence-corrected chi connectivity index (χ3v) is 5.22. The van der Waals surface area contributed by atoms with E-state index in [9.17, 15) is 8.42 Å². The van der Waals surface area contributed by atoms with Crippen molar-refractivity contribution in [3.63, 3.8) is 0 Å². The number of aryl methyl sites for hydroxylation is 3. The highest BCUT2D eigenvalue weighted by Crippen LogP contribution is 2.21. The van der Waals surface area contributed by atoms with Crippen LogP contribution in [0.5, 0.6) is 5.75 Å². The van der Waals surface area contributed by atoms with Crippen LogP contribution in [-0.4, -0.2) is 18.6 Å². The van der Waals surface area contributed by atoms with Crippen molar-refractivity contribution in [1.82, 2.24) is 10.1 Å². The van der Waals surface area contributed by atoms with Crippen LogP contribution in [0.2, 0.25) is 0 Å². The molecule has 8 heteroatoms. The molecule has 0 atom stereocenters. The first kappa shape index (κ1) is 17.9. The number of benzene rings is 1. The maximum absolute atomic E-state index is 12.4. The van der Waals surface area contributed by atoms with Crippen LogP contribution in [0.4, 0.5) is 5.82 Å². The quantitative estimate of drug-likeness (QED) is 0.712. The molecule has 7 nitrogen and oxygen atoms in total. The predicted octanol–water partition coefficient (Wildman–Crippen LogP) is 3.37. The van der Waals surface area contributed by atoms with Crippen LogP contribution in [0, 0.1) is 20.8 Å². The number of aromatic nitrogens is 2. The number of nitrogens with one attached hydrogen (secondary N) is 1. The molecule has 0 fully saturated rings. The van der Waals surface area contributed by atoms with E-state index in [1.807, 2.05) is 20.8 Å². The fourth-order valence-electron chi connectivity index (χ4n) is 2.37. The van der Waals surface area contributed by atoms with Crippen LogP contribution in [-0.2, 0) is 16.6 Å². The van der Waals surface area contributed by atoms with Gasteiger partial charge in [-0.1, -0.05) is 5.16 Å². The highest BCUT2D eigenvalue weighted by Gasteiger charge is 2.15. The van der Waals surface area contributed by atoms with Crippen LogP contribution in [0.25, 0.3) is 0 Å². The number of nitrogens with zero attached hydrogens (tertiary/aromatic N) is 2. The Hall–Kier alpha value is -2.87. The van der Waals surface area contributed by atoms with Gasteiger partial charge in [-0.2, -0.15) is 0 Å². The molecule has 0 aliphatic carbocycles. The van der Waals surface area contributed by atoms with Crippen molar-refractivity contribution in [2.75, 3.05) is 4.72 Å². The van der Waals surface area contributed by atoms with Crippen molar-refractivity contribution >= 4 is 15.8 Å². The summed E-state index contributed by atoms with van der Waals surface area (Å²) in [6.07, 6.45) is 1.55.